The Bertz CT molecular complexity index is 482. The standard InChI is InChI=1S/C19H30O5.H2S/c1-2-3-4-5-6-7-8-9-10-11-12-24-19(23)15-13-16(20)18(22)17(21)14-15;/h13-14,20-22H,2-12H2,1H3;1H2. The van der Waals surface area contributed by atoms with E-state index in [9.17, 15) is 20.1 Å². The molecule has 0 atom stereocenters. The van der Waals surface area contributed by atoms with Crippen LogP contribution in [0.1, 0.15) is 81.5 Å². The van der Waals surface area contributed by atoms with E-state index in [4.69, 9.17) is 4.74 Å². The van der Waals surface area contributed by atoms with Crippen molar-refractivity contribution in [2.75, 3.05) is 6.61 Å². The molecule has 1 aromatic carbocycles. The van der Waals surface area contributed by atoms with Crippen molar-refractivity contribution in [1.82, 2.24) is 0 Å². The molecule has 0 unspecified atom stereocenters. The molecule has 0 saturated carbocycles. The summed E-state index contributed by atoms with van der Waals surface area (Å²) in [6, 6.07) is 2.16. The van der Waals surface area contributed by atoms with Gasteiger partial charge in [0.1, 0.15) is 0 Å². The topological polar surface area (TPSA) is 87.0 Å². The third-order valence-corrected chi connectivity index (χ3v) is 4.04. The molecule has 0 aliphatic heterocycles. The molecule has 0 amide bonds. The molecule has 0 saturated heterocycles. The Hall–Kier alpha value is -1.56. The van der Waals surface area contributed by atoms with Crippen molar-refractivity contribution in [3.63, 3.8) is 0 Å². The third kappa shape index (κ3) is 9.48. The number of carbonyl (C=O) groups is 1. The van der Waals surface area contributed by atoms with Gasteiger partial charge in [-0.15, -0.1) is 0 Å². The van der Waals surface area contributed by atoms with E-state index in [2.05, 4.69) is 6.92 Å². The van der Waals surface area contributed by atoms with E-state index in [0.29, 0.717) is 6.61 Å². The first-order valence-corrected chi connectivity index (χ1v) is 8.98. The van der Waals surface area contributed by atoms with Crippen LogP contribution in [0.4, 0.5) is 0 Å². The summed E-state index contributed by atoms with van der Waals surface area (Å²) >= 11 is 0. The number of carbonyl (C=O) groups excluding carboxylic acids is 1. The van der Waals surface area contributed by atoms with E-state index in [0.717, 1.165) is 31.4 Å². The van der Waals surface area contributed by atoms with E-state index in [1.54, 1.807) is 0 Å². The molecule has 3 N–H and O–H groups in total. The van der Waals surface area contributed by atoms with Crippen molar-refractivity contribution in [3.8, 4) is 17.2 Å². The van der Waals surface area contributed by atoms with Gasteiger partial charge in [-0.05, 0) is 18.6 Å². The van der Waals surface area contributed by atoms with Gasteiger partial charge < -0.3 is 20.1 Å². The lowest BCUT2D eigenvalue weighted by Gasteiger charge is -2.07. The van der Waals surface area contributed by atoms with Gasteiger partial charge in [0, 0.05) is 0 Å². The van der Waals surface area contributed by atoms with Crippen LogP contribution < -0.4 is 0 Å². The van der Waals surface area contributed by atoms with Crippen LogP contribution in [0.2, 0.25) is 0 Å². The minimum Gasteiger partial charge on any atom is -0.504 e. The summed E-state index contributed by atoms with van der Waals surface area (Å²) in [7, 11) is 0. The highest BCUT2D eigenvalue weighted by molar-refractivity contribution is 7.59. The molecule has 1 aromatic rings. The second-order valence-corrected chi connectivity index (χ2v) is 6.18. The van der Waals surface area contributed by atoms with Gasteiger partial charge in [0.2, 0.25) is 0 Å². The number of phenolic OH excluding ortho intramolecular Hbond substituents is 3. The second-order valence-electron chi connectivity index (χ2n) is 6.18. The fraction of sp³-hybridized carbons (Fsp3) is 0.632. The third-order valence-electron chi connectivity index (χ3n) is 4.04. The number of benzene rings is 1. The number of esters is 1. The Morgan fingerprint density at radius 1 is 0.840 bits per heavy atom. The van der Waals surface area contributed by atoms with E-state index < -0.39 is 23.2 Å². The average molecular weight is 373 g/mol. The molecule has 144 valence electrons. The molecule has 0 fully saturated rings. The van der Waals surface area contributed by atoms with Crippen molar-refractivity contribution in [2.24, 2.45) is 0 Å². The zero-order valence-electron chi connectivity index (χ0n) is 15.1. The SMILES string of the molecule is CCCCCCCCCCCCOC(=O)c1cc(O)c(O)c(O)c1.S. The summed E-state index contributed by atoms with van der Waals surface area (Å²) in [6.45, 7) is 2.54. The Labute approximate surface area is 157 Å². The summed E-state index contributed by atoms with van der Waals surface area (Å²) in [5.41, 5.74) is 0.0230. The van der Waals surface area contributed by atoms with Crippen molar-refractivity contribution in [2.45, 2.75) is 71.1 Å². The second kappa shape index (κ2) is 13.7. The molecule has 25 heavy (non-hydrogen) atoms. The Morgan fingerprint density at radius 3 is 1.76 bits per heavy atom. The minimum absolute atomic E-state index is 0. The molecule has 0 aromatic heterocycles. The maximum atomic E-state index is 11.8. The molecule has 0 spiro atoms. The van der Waals surface area contributed by atoms with E-state index in [-0.39, 0.29) is 19.1 Å². The van der Waals surface area contributed by atoms with Crippen LogP contribution in [0.5, 0.6) is 17.2 Å². The normalized spacial score (nSPS) is 10.3. The molecule has 1 rings (SSSR count). The molecule has 6 heteroatoms. The fourth-order valence-corrected chi connectivity index (χ4v) is 2.56. The Kier molecular flexibility index (Phi) is 12.8. The van der Waals surface area contributed by atoms with Gasteiger partial charge in [0.25, 0.3) is 0 Å². The fourth-order valence-electron chi connectivity index (χ4n) is 2.56. The largest absolute Gasteiger partial charge is 0.504 e. The number of phenols is 3. The number of aromatic hydroxyl groups is 3. The van der Waals surface area contributed by atoms with Gasteiger partial charge >= 0.3 is 5.97 Å². The molecule has 0 aliphatic carbocycles. The quantitative estimate of drug-likeness (QED) is 0.273. The van der Waals surface area contributed by atoms with Crippen LogP contribution in [0.15, 0.2) is 12.1 Å². The summed E-state index contributed by atoms with van der Waals surface area (Å²) in [4.78, 5) is 11.8. The molecule has 0 bridgehead atoms. The lowest BCUT2D eigenvalue weighted by molar-refractivity contribution is 0.0496. The molecule has 0 aliphatic rings. The first-order chi connectivity index (χ1) is 11.6. The molecule has 5 nitrogen and oxygen atoms in total. The summed E-state index contributed by atoms with van der Waals surface area (Å²) in [5.74, 6) is -2.33. The lowest BCUT2D eigenvalue weighted by atomic mass is 10.1. The number of hydrogen-bond acceptors (Lipinski definition) is 5. The van der Waals surface area contributed by atoms with Gasteiger partial charge in [-0.1, -0.05) is 64.7 Å². The van der Waals surface area contributed by atoms with E-state index >= 15 is 0 Å². The van der Waals surface area contributed by atoms with Crippen LogP contribution >= 0.6 is 13.5 Å². The highest BCUT2D eigenvalue weighted by Gasteiger charge is 2.14. The first-order valence-electron chi connectivity index (χ1n) is 8.98. The highest BCUT2D eigenvalue weighted by Crippen LogP contribution is 2.35. The Balaban J connectivity index is 0.00000576. The van der Waals surface area contributed by atoms with Gasteiger partial charge in [-0.2, -0.15) is 13.5 Å². The van der Waals surface area contributed by atoms with E-state index in [1.807, 2.05) is 0 Å². The first kappa shape index (κ1) is 23.4. The summed E-state index contributed by atoms with van der Waals surface area (Å²) in [5, 5.41) is 28.0. The Morgan fingerprint density at radius 2 is 1.28 bits per heavy atom. The molecular weight excluding hydrogens is 340 g/mol. The van der Waals surface area contributed by atoms with Crippen molar-refractivity contribution >= 4 is 19.5 Å². The average Bonchev–Trinajstić information content (AvgIpc) is 2.56. The molecular formula is C19H32O5S. The van der Waals surface area contributed by atoms with Crippen LogP contribution in [-0.2, 0) is 4.74 Å². The van der Waals surface area contributed by atoms with Crippen LogP contribution in [0.3, 0.4) is 0 Å². The molecule has 0 heterocycles. The smallest absolute Gasteiger partial charge is 0.338 e. The zero-order valence-corrected chi connectivity index (χ0v) is 16.1. The summed E-state index contributed by atoms with van der Waals surface area (Å²) < 4.78 is 5.11. The van der Waals surface area contributed by atoms with Crippen LogP contribution in [0, 0.1) is 0 Å². The maximum Gasteiger partial charge on any atom is 0.338 e. The number of unbranched alkanes of at least 4 members (excludes halogenated alkanes) is 9. The van der Waals surface area contributed by atoms with E-state index in [1.165, 1.54) is 44.9 Å². The number of hydrogen-bond donors (Lipinski definition) is 3. The van der Waals surface area contributed by atoms with Crippen LogP contribution in [-0.4, -0.2) is 27.9 Å². The van der Waals surface area contributed by atoms with Gasteiger partial charge in [0.05, 0.1) is 12.2 Å². The lowest BCUT2D eigenvalue weighted by Crippen LogP contribution is -2.06. The number of ether oxygens (including phenoxy) is 1. The van der Waals surface area contributed by atoms with Crippen molar-refractivity contribution in [3.05, 3.63) is 17.7 Å². The maximum absolute atomic E-state index is 11.8. The van der Waals surface area contributed by atoms with Gasteiger partial charge in [0.15, 0.2) is 17.2 Å². The predicted molar refractivity (Wildman–Crippen MR) is 104 cm³/mol. The minimum atomic E-state index is -0.638. The zero-order chi connectivity index (χ0) is 17.8. The van der Waals surface area contributed by atoms with Crippen molar-refractivity contribution in [1.29, 1.82) is 0 Å². The van der Waals surface area contributed by atoms with Gasteiger partial charge in [-0.25, -0.2) is 4.79 Å². The van der Waals surface area contributed by atoms with Crippen molar-refractivity contribution < 1.29 is 24.9 Å². The highest BCUT2D eigenvalue weighted by atomic mass is 32.1. The predicted octanol–water partition coefficient (Wildman–Crippen LogP) is 4.99. The molecule has 0 radical (unpaired) electrons. The monoisotopic (exact) mass is 372 g/mol. The van der Waals surface area contributed by atoms with Crippen LogP contribution in [0.25, 0.3) is 0 Å². The summed E-state index contributed by atoms with van der Waals surface area (Å²) in [6.07, 6.45) is 12.1. The number of rotatable bonds is 12. The van der Waals surface area contributed by atoms with Gasteiger partial charge in [-0.3, -0.25) is 0 Å².